The van der Waals surface area contributed by atoms with E-state index >= 15 is 0 Å². The fourth-order valence-electron chi connectivity index (χ4n) is 1.99. The molecular formula is C17H21FN4OS. The minimum atomic E-state index is -0.274. The Labute approximate surface area is 145 Å². The molecule has 0 bridgehead atoms. The van der Waals surface area contributed by atoms with Crippen molar-refractivity contribution in [2.24, 2.45) is 11.6 Å². The van der Waals surface area contributed by atoms with Gasteiger partial charge in [-0.1, -0.05) is 24.3 Å². The molecule has 24 heavy (non-hydrogen) atoms. The summed E-state index contributed by atoms with van der Waals surface area (Å²) in [6.45, 7) is 1.06. The molecule has 0 aliphatic rings. The van der Waals surface area contributed by atoms with Gasteiger partial charge in [0.05, 0.1) is 18.8 Å². The second-order valence-corrected chi connectivity index (χ2v) is 6.09. The van der Waals surface area contributed by atoms with Crippen LogP contribution >= 0.6 is 11.9 Å². The van der Waals surface area contributed by atoms with Gasteiger partial charge in [-0.3, -0.25) is 4.72 Å². The topological polar surface area (TPSA) is 87.5 Å². The standard InChI is InChI=1S/C17H21FN4OS/c18-15-5-1-13(2-6-15)11-22(20)12-17(19)14-3-7-16(8-4-14)24-21-9-10-23/h1-8,12,21,23H,9-11,19-20H2/b17-12-. The molecule has 0 heterocycles. The van der Waals surface area contributed by atoms with E-state index in [1.165, 1.54) is 29.1 Å². The van der Waals surface area contributed by atoms with Gasteiger partial charge < -0.3 is 15.8 Å². The highest BCUT2D eigenvalue weighted by atomic mass is 32.2. The average molecular weight is 348 g/mol. The molecular weight excluding hydrogens is 327 g/mol. The molecule has 0 fully saturated rings. The minimum Gasteiger partial charge on any atom is -0.397 e. The first-order chi connectivity index (χ1) is 11.6. The van der Waals surface area contributed by atoms with Gasteiger partial charge in [-0.2, -0.15) is 0 Å². The lowest BCUT2D eigenvalue weighted by molar-refractivity contribution is 0.302. The molecule has 0 radical (unpaired) electrons. The van der Waals surface area contributed by atoms with Crippen LogP contribution in [0.4, 0.5) is 4.39 Å². The largest absolute Gasteiger partial charge is 0.397 e. The Balaban J connectivity index is 1.94. The maximum Gasteiger partial charge on any atom is 0.123 e. The Morgan fingerprint density at radius 1 is 1.17 bits per heavy atom. The van der Waals surface area contributed by atoms with Crippen LogP contribution in [-0.4, -0.2) is 23.3 Å². The van der Waals surface area contributed by atoms with Gasteiger partial charge in [-0.15, -0.1) is 0 Å². The third kappa shape index (κ3) is 5.86. The van der Waals surface area contributed by atoms with Crippen LogP contribution in [0.2, 0.25) is 0 Å². The summed E-state index contributed by atoms with van der Waals surface area (Å²) in [5.41, 5.74) is 8.36. The zero-order valence-corrected chi connectivity index (χ0v) is 14.0. The number of aliphatic hydroxyl groups excluding tert-OH is 1. The van der Waals surface area contributed by atoms with E-state index in [1.54, 1.807) is 18.3 Å². The molecule has 128 valence electrons. The predicted octanol–water partition coefficient (Wildman–Crippen LogP) is 2.05. The van der Waals surface area contributed by atoms with Crippen LogP contribution in [0.15, 0.2) is 59.6 Å². The Morgan fingerprint density at radius 3 is 2.46 bits per heavy atom. The molecule has 7 heteroatoms. The first kappa shape index (κ1) is 18.3. The lowest BCUT2D eigenvalue weighted by atomic mass is 10.2. The van der Waals surface area contributed by atoms with E-state index in [1.807, 2.05) is 24.3 Å². The molecule has 6 N–H and O–H groups in total. The number of aliphatic hydroxyl groups is 1. The summed E-state index contributed by atoms with van der Waals surface area (Å²) in [6, 6.07) is 13.9. The zero-order chi connectivity index (χ0) is 17.4. The molecule has 2 aromatic carbocycles. The maximum absolute atomic E-state index is 12.9. The van der Waals surface area contributed by atoms with Crippen LogP contribution in [0, 0.1) is 5.82 Å². The van der Waals surface area contributed by atoms with Crippen molar-refractivity contribution in [2.45, 2.75) is 11.4 Å². The molecule has 5 nitrogen and oxygen atoms in total. The predicted molar refractivity (Wildman–Crippen MR) is 95.7 cm³/mol. The molecule has 0 aromatic heterocycles. The van der Waals surface area contributed by atoms with Crippen molar-refractivity contribution >= 4 is 17.6 Å². The van der Waals surface area contributed by atoms with Gasteiger partial charge in [0.1, 0.15) is 5.82 Å². The molecule has 0 unspecified atom stereocenters. The summed E-state index contributed by atoms with van der Waals surface area (Å²) < 4.78 is 15.9. The Kier molecular flexibility index (Phi) is 7.07. The average Bonchev–Trinajstić information content (AvgIpc) is 2.58. The molecule has 0 saturated carbocycles. The summed E-state index contributed by atoms with van der Waals surface area (Å²) in [5, 5.41) is 10.2. The Morgan fingerprint density at radius 2 is 1.83 bits per heavy atom. The second-order valence-electron chi connectivity index (χ2n) is 5.13. The number of nitrogens with two attached hydrogens (primary N) is 2. The fraction of sp³-hybridized carbons (Fsp3) is 0.176. The Hall–Kier alpha value is -2.06. The number of hydrogen-bond donors (Lipinski definition) is 4. The molecule has 0 atom stereocenters. The van der Waals surface area contributed by atoms with Crippen LogP contribution in [0.5, 0.6) is 0 Å². The van der Waals surface area contributed by atoms with Crippen molar-refractivity contribution in [1.29, 1.82) is 0 Å². The van der Waals surface area contributed by atoms with E-state index in [9.17, 15) is 4.39 Å². The minimum absolute atomic E-state index is 0.0984. The number of nitrogens with one attached hydrogen (secondary N) is 1. The Bertz CT molecular complexity index is 661. The first-order valence-corrected chi connectivity index (χ1v) is 8.24. The quantitative estimate of drug-likeness (QED) is 0.253. The number of hydrogen-bond acceptors (Lipinski definition) is 6. The molecule has 0 saturated heterocycles. The second kappa shape index (κ2) is 9.29. The lowest BCUT2D eigenvalue weighted by Gasteiger charge is -2.15. The monoisotopic (exact) mass is 348 g/mol. The third-order valence-electron chi connectivity index (χ3n) is 3.17. The molecule has 2 rings (SSSR count). The van der Waals surface area contributed by atoms with Crippen molar-refractivity contribution in [3.05, 3.63) is 71.7 Å². The van der Waals surface area contributed by atoms with E-state index < -0.39 is 0 Å². The highest BCUT2D eigenvalue weighted by Gasteiger charge is 2.02. The highest BCUT2D eigenvalue weighted by Crippen LogP contribution is 2.18. The van der Waals surface area contributed by atoms with Crippen molar-refractivity contribution in [3.63, 3.8) is 0 Å². The summed E-state index contributed by atoms with van der Waals surface area (Å²) in [5.74, 6) is 5.66. The molecule has 0 aliphatic heterocycles. The number of hydrazine groups is 1. The molecule has 0 aliphatic carbocycles. The van der Waals surface area contributed by atoms with Gasteiger partial charge in [0.15, 0.2) is 0 Å². The zero-order valence-electron chi connectivity index (χ0n) is 13.2. The van der Waals surface area contributed by atoms with Gasteiger partial charge in [-0.05, 0) is 47.3 Å². The van der Waals surface area contributed by atoms with Crippen molar-refractivity contribution in [3.8, 4) is 0 Å². The van der Waals surface area contributed by atoms with E-state index in [-0.39, 0.29) is 12.4 Å². The number of benzene rings is 2. The number of rotatable bonds is 8. The highest BCUT2D eigenvalue weighted by molar-refractivity contribution is 7.97. The van der Waals surface area contributed by atoms with Crippen molar-refractivity contribution in [2.75, 3.05) is 13.2 Å². The number of nitrogens with zero attached hydrogens (tertiary/aromatic N) is 1. The molecule has 2 aromatic rings. The number of halogens is 1. The summed E-state index contributed by atoms with van der Waals surface area (Å²) >= 11 is 1.45. The summed E-state index contributed by atoms with van der Waals surface area (Å²) in [4.78, 5) is 1.02. The van der Waals surface area contributed by atoms with E-state index in [4.69, 9.17) is 16.7 Å². The van der Waals surface area contributed by atoms with Crippen LogP contribution in [-0.2, 0) is 6.54 Å². The van der Waals surface area contributed by atoms with Crippen molar-refractivity contribution in [1.82, 2.24) is 9.73 Å². The van der Waals surface area contributed by atoms with Gasteiger partial charge in [0.2, 0.25) is 0 Å². The summed E-state index contributed by atoms with van der Waals surface area (Å²) in [7, 11) is 0. The van der Waals surface area contributed by atoms with Gasteiger partial charge in [0.25, 0.3) is 0 Å². The molecule has 0 amide bonds. The van der Waals surface area contributed by atoms with E-state index in [2.05, 4.69) is 4.72 Å². The smallest absolute Gasteiger partial charge is 0.123 e. The van der Waals surface area contributed by atoms with Crippen LogP contribution in [0.3, 0.4) is 0 Å². The first-order valence-electron chi connectivity index (χ1n) is 7.42. The van der Waals surface area contributed by atoms with E-state index in [0.717, 1.165) is 16.0 Å². The normalized spacial score (nSPS) is 11.5. The van der Waals surface area contributed by atoms with Crippen LogP contribution < -0.4 is 16.3 Å². The van der Waals surface area contributed by atoms with Gasteiger partial charge in [-0.25, -0.2) is 10.2 Å². The van der Waals surface area contributed by atoms with Gasteiger partial charge in [0, 0.05) is 17.6 Å². The van der Waals surface area contributed by atoms with Crippen LogP contribution in [0.1, 0.15) is 11.1 Å². The fourth-order valence-corrected chi connectivity index (χ4v) is 2.63. The summed E-state index contributed by atoms with van der Waals surface area (Å²) in [6.07, 6.45) is 1.65. The molecule has 0 spiro atoms. The van der Waals surface area contributed by atoms with E-state index in [0.29, 0.717) is 18.8 Å². The lowest BCUT2D eigenvalue weighted by Crippen LogP contribution is -2.25. The van der Waals surface area contributed by atoms with Gasteiger partial charge >= 0.3 is 0 Å². The van der Waals surface area contributed by atoms with Crippen LogP contribution in [0.25, 0.3) is 5.70 Å². The van der Waals surface area contributed by atoms with Crippen molar-refractivity contribution < 1.29 is 9.50 Å². The SMILES string of the molecule is N/C(=C\N(N)Cc1ccc(F)cc1)c1ccc(SNCCO)cc1. The third-order valence-corrected chi connectivity index (χ3v) is 4.03. The maximum atomic E-state index is 12.9.